The monoisotopic (exact) mass is 259 g/mol. The average Bonchev–Trinajstić information content (AvgIpc) is 2.42. The number of amidine groups is 1. The molecule has 0 radical (unpaired) electrons. The average molecular weight is 260 g/mol. The van der Waals surface area contributed by atoms with Gasteiger partial charge in [-0.15, -0.1) is 5.10 Å². The summed E-state index contributed by atoms with van der Waals surface area (Å²) in [6.45, 7) is 0. The molecule has 0 fully saturated rings. The van der Waals surface area contributed by atoms with Crippen molar-refractivity contribution >= 4 is 23.7 Å². The number of nitrogens with two attached hydrogens (primary N) is 1. The molecule has 0 amide bonds. The fraction of sp³-hybridized carbons (Fsp3) is 0. The van der Waals surface area contributed by atoms with Crippen molar-refractivity contribution in [1.82, 2.24) is 9.97 Å². The first kappa shape index (κ1) is 12.2. The van der Waals surface area contributed by atoms with Crippen LogP contribution < -0.4 is 5.73 Å². The van der Waals surface area contributed by atoms with Gasteiger partial charge in [0.05, 0.1) is 12.4 Å². The van der Waals surface area contributed by atoms with E-state index in [9.17, 15) is 0 Å². The highest BCUT2D eigenvalue weighted by Gasteiger charge is 1.97. The Morgan fingerprint density at radius 1 is 1.22 bits per heavy atom. The lowest BCUT2D eigenvalue weighted by Crippen LogP contribution is -2.14. The van der Waals surface area contributed by atoms with Gasteiger partial charge in [-0.2, -0.15) is 5.10 Å². The van der Waals surface area contributed by atoms with Gasteiger partial charge in [-0.25, -0.2) is 4.98 Å². The van der Waals surface area contributed by atoms with E-state index >= 15 is 0 Å². The number of nitrogens with zero attached hydrogens (tertiary/aromatic N) is 4. The maximum absolute atomic E-state index is 5.77. The van der Waals surface area contributed by atoms with Crippen molar-refractivity contribution in [3.8, 4) is 0 Å². The molecular formula is C12H10ClN5. The highest BCUT2D eigenvalue weighted by atomic mass is 35.5. The van der Waals surface area contributed by atoms with Gasteiger partial charge in [0.2, 0.25) is 0 Å². The Morgan fingerprint density at radius 2 is 2.00 bits per heavy atom. The van der Waals surface area contributed by atoms with E-state index in [1.54, 1.807) is 30.7 Å². The van der Waals surface area contributed by atoms with Gasteiger partial charge in [-0.1, -0.05) is 23.7 Å². The molecule has 0 saturated heterocycles. The van der Waals surface area contributed by atoms with Gasteiger partial charge in [0, 0.05) is 17.4 Å². The Morgan fingerprint density at radius 3 is 2.67 bits per heavy atom. The molecule has 90 valence electrons. The highest BCUT2D eigenvalue weighted by Crippen LogP contribution is 2.07. The summed E-state index contributed by atoms with van der Waals surface area (Å²) >= 11 is 5.77. The number of hydrogen-bond acceptors (Lipinski definition) is 4. The molecule has 6 heteroatoms. The van der Waals surface area contributed by atoms with Crippen LogP contribution in [0.15, 0.2) is 53.1 Å². The molecule has 5 nitrogen and oxygen atoms in total. The Hall–Kier alpha value is -2.27. The van der Waals surface area contributed by atoms with Gasteiger partial charge in [-0.05, 0) is 17.7 Å². The third-order valence-corrected chi connectivity index (χ3v) is 2.32. The maximum atomic E-state index is 5.77. The fourth-order valence-corrected chi connectivity index (χ4v) is 1.32. The largest absolute Gasteiger partial charge is 0.380 e. The minimum absolute atomic E-state index is 0.216. The molecule has 2 rings (SSSR count). The van der Waals surface area contributed by atoms with Crippen LogP contribution in [-0.4, -0.2) is 22.0 Å². The molecule has 18 heavy (non-hydrogen) atoms. The van der Waals surface area contributed by atoms with Crippen LogP contribution >= 0.6 is 11.6 Å². The summed E-state index contributed by atoms with van der Waals surface area (Å²) in [7, 11) is 0. The van der Waals surface area contributed by atoms with Crippen LogP contribution in [0.2, 0.25) is 5.02 Å². The lowest BCUT2D eigenvalue weighted by Gasteiger charge is -1.95. The van der Waals surface area contributed by atoms with Crippen LogP contribution in [0.4, 0.5) is 0 Å². The minimum atomic E-state index is 0.216. The molecule has 0 aliphatic rings. The molecule has 0 aliphatic heterocycles. The molecule has 2 aromatic rings. The molecule has 2 N–H and O–H groups in total. The van der Waals surface area contributed by atoms with Crippen molar-refractivity contribution in [3.05, 3.63) is 59.1 Å². The number of hydrogen-bond donors (Lipinski definition) is 1. The third kappa shape index (κ3) is 3.36. The molecule has 0 atom stereocenters. The zero-order chi connectivity index (χ0) is 12.8. The first-order chi connectivity index (χ1) is 8.75. The molecular weight excluding hydrogens is 250 g/mol. The van der Waals surface area contributed by atoms with Crippen LogP contribution in [0.1, 0.15) is 11.3 Å². The topological polar surface area (TPSA) is 76.5 Å². The van der Waals surface area contributed by atoms with Crippen LogP contribution in [0, 0.1) is 0 Å². The van der Waals surface area contributed by atoms with Crippen molar-refractivity contribution in [1.29, 1.82) is 0 Å². The maximum Gasteiger partial charge on any atom is 0.173 e. The zero-order valence-electron chi connectivity index (χ0n) is 9.36. The van der Waals surface area contributed by atoms with Gasteiger partial charge in [0.25, 0.3) is 0 Å². The summed E-state index contributed by atoms with van der Waals surface area (Å²) < 4.78 is 0. The summed E-state index contributed by atoms with van der Waals surface area (Å²) in [6, 6.07) is 7.22. The van der Waals surface area contributed by atoms with Gasteiger partial charge in [-0.3, -0.25) is 4.98 Å². The fourth-order valence-electron chi connectivity index (χ4n) is 1.19. The third-order valence-electron chi connectivity index (χ3n) is 2.07. The molecule has 1 aromatic heterocycles. The first-order valence-electron chi connectivity index (χ1n) is 5.14. The number of rotatable bonds is 3. The number of benzene rings is 1. The number of aromatic nitrogens is 2. The summed E-state index contributed by atoms with van der Waals surface area (Å²) in [5.74, 6) is 0.216. The molecule has 1 heterocycles. The van der Waals surface area contributed by atoms with Gasteiger partial charge in [0.1, 0.15) is 5.69 Å². The summed E-state index contributed by atoms with van der Waals surface area (Å²) in [4.78, 5) is 7.90. The lowest BCUT2D eigenvalue weighted by molar-refractivity contribution is 1.15. The van der Waals surface area contributed by atoms with Crippen molar-refractivity contribution in [2.24, 2.45) is 15.9 Å². The molecule has 1 aromatic carbocycles. The van der Waals surface area contributed by atoms with Crippen LogP contribution in [0.3, 0.4) is 0 Å². The van der Waals surface area contributed by atoms with Crippen molar-refractivity contribution < 1.29 is 0 Å². The van der Waals surface area contributed by atoms with Gasteiger partial charge in [0.15, 0.2) is 5.84 Å². The van der Waals surface area contributed by atoms with E-state index in [2.05, 4.69) is 20.2 Å². The van der Waals surface area contributed by atoms with E-state index in [0.717, 1.165) is 5.56 Å². The van der Waals surface area contributed by atoms with E-state index < -0.39 is 0 Å². The van der Waals surface area contributed by atoms with Crippen LogP contribution in [-0.2, 0) is 0 Å². The van der Waals surface area contributed by atoms with E-state index in [0.29, 0.717) is 10.7 Å². The Balaban J connectivity index is 2.08. The summed E-state index contributed by atoms with van der Waals surface area (Å²) in [6.07, 6.45) is 6.21. The second-order valence-electron chi connectivity index (χ2n) is 3.37. The predicted octanol–water partition coefficient (Wildman–Crippen LogP) is 1.87. The summed E-state index contributed by atoms with van der Waals surface area (Å²) in [5, 5.41) is 8.39. The second-order valence-corrected chi connectivity index (χ2v) is 3.81. The smallest absolute Gasteiger partial charge is 0.173 e. The van der Waals surface area contributed by atoms with Crippen LogP contribution in [0.5, 0.6) is 0 Å². The molecule has 0 unspecified atom stereocenters. The summed E-state index contributed by atoms with van der Waals surface area (Å²) in [5.41, 5.74) is 7.07. The van der Waals surface area contributed by atoms with E-state index in [4.69, 9.17) is 17.3 Å². The standard InChI is InChI=1S/C12H10ClN5/c13-10-3-1-9(2-4-10)7-17-18-12(14)11-8-15-5-6-16-11/h1-8H,(H2,14,18)/b17-7-. The molecule has 0 spiro atoms. The van der Waals surface area contributed by atoms with Gasteiger partial charge < -0.3 is 5.73 Å². The predicted molar refractivity (Wildman–Crippen MR) is 71.8 cm³/mol. The lowest BCUT2D eigenvalue weighted by atomic mass is 10.2. The van der Waals surface area contributed by atoms with Crippen LogP contribution in [0.25, 0.3) is 0 Å². The molecule has 0 aliphatic carbocycles. The van der Waals surface area contributed by atoms with Gasteiger partial charge >= 0.3 is 0 Å². The van der Waals surface area contributed by atoms with E-state index in [-0.39, 0.29) is 5.84 Å². The Labute approximate surface area is 109 Å². The normalized spacial score (nSPS) is 11.9. The van der Waals surface area contributed by atoms with Crippen molar-refractivity contribution in [2.45, 2.75) is 0 Å². The quantitative estimate of drug-likeness (QED) is 0.519. The Kier molecular flexibility index (Phi) is 3.98. The highest BCUT2D eigenvalue weighted by molar-refractivity contribution is 6.30. The SMILES string of the molecule is N/C(=N/N=C\c1ccc(Cl)cc1)c1cnccn1. The minimum Gasteiger partial charge on any atom is -0.380 e. The zero-order valence-corrected chi connectivity index (χ0v) is 10.1. The van der Waals surface area contributed by atoms with Crippen molar-refractivity contribution in [2.75, 3.05) is 0 Å². The second kappa shape index (κ2) is 5.88. The first-order valence-corrected chi connectivity index (χ1v) is 5.52. The van der Waals surface area contributed by atoms with Crippen molar-refractivity contribution in [3.63, 3.8) is 0 Å². The molecule has 0 saturated carbocycles. The Bertz CT molecular complexity index is 563. The van der Waals surface area contributed by atoms with E-state index in [1.165, 1.54) is 6.20 Å². The number of halogens is 1. The van der Waals surface area contributed by atoms with E-state index in [1.807, 2.05) is 12.1 Å². The molecule has 0 bridgehead atoms.